The number of aromatic hydroxyl groups is 1. The van der Waals surface area contributed by atoms with E-state index in [0.717, 1.165) is 0 Å². The third kappa shape index (κ3) is 4.45. The smallest absolute Gasteiger partial charge is 0.302 e. The Morgan fingerprint density at radius 3 is 2.57 bits per heavy atom. The molecular weight excluding hydrogens is 382 g/mol. The van der Waals surface area contributed by atoms with Crippen LogP contribution in [0.5, 0.6) is 17.4 Å². The minimum absolute atomic E-state index is 0.158. The first kappa shape index (κ1) is 19.9. The number of carbonyl (C=O) groups is 1. The van der Waals surface area contributed by atoms with Gasteiger partial charge in [-0.1, -0.05) is 31.4 Å². The number of carbonyl (C=O) groups excluding carboxylic acids is 1. The van der Waals surface area contributed by atoms with Crippen LogP contribution in [-0.4, -0.2) is 29.7 Å². The Hall–Kier alpha value is -3.35. The van der Waals surface area contributed by atoms with Crippen molar-refractivity contribution in [3.05, 3.63) is 48.0 Å². The number of rotatable bonds is 6. The van der Waals surface area contributed by atoms with E-state index in [4.69, 9.17) is 9.47 Å². The topological polar surface area (TPSA) is 96.3 Å². The lowest BCUT2D eigenvalue weighted by Crippen LogP contribution is -2.08. The van der Waals surface area contributed by atoms with E-state index in [2.05, 4.69) is 27.3 Å². The lowest BCUT2D eigenvalue weighted by Gasteiger charge is -2.22. The van der Waals surface area contributed by atoms with Crippen molar-refractivity contribution in [2.24, 2.45) is 10.2 Å². The van der Waals surface area contributed by atoms with Gasteiger partial charge in [0, 0.05) is 5.39 Å². The number of hydrogen-bond acceptors (Lipinski definition) is 5. The van der Waals surface area contributed by atoms with Gasteiger partial charge in [0.15, 0.2) is 12.3 Å². The average Bonchev–Trinajstić information content (AvgIpc) is 3.11. The number of aromatic amines is 1. The van der Waals surface area contributed by atoms with Gasteiger partial charge in [-0.2, -0.15) is 0 Å². The zero-order chi connectivity index (χ0) is 20.9. The average molecular weight is 407 g/mol. The Kier molecular flexibility index (Phi) is 5.97. The number of fused-ring (bicyclic) bond motifs is 1. The first-order valence-corrected chi connectivity index (χ1v) is 10.2. The maximum absolute atomic E-state index is 12.1. The molecule has 0 radical (unpaired) electrons. The van der Waals surface area contributed by atoms with E-state index < -0.39 is 5.91 Å². The normalized spacial score (nSPS) is 15.0. The Balaban J connectivity index is 1.37. The van der Waals surface area contributed by atoms with Crippen LogP contribution in [0.15, 0.2) is 52.7 Å². The Morgan fingerprint density at radius 1 is 1.10 bits per heavy atom. The number of H-pyrrole nitrogens is 1. The summed E-state index contributed by atoms with van der Waals surface area (Å²) in [7, 11) is 1.55. The molecule has 156 valence electrons. The molecule has 1 aliphatic rings. The molecule has 0 atom stereocenters. The maximum Gasteiger partial charge on any atom is 0.302 e. The summed E-state index contributed by atoms with van der Waals surface area (Å²) in [6.07, 6.45) is 6.40. The van der Waals surface area contributed by atoms with Crippen molar-refractivity contribution in [1.82, 2.24) is 4.98 Å². The van der Waals surface area contributed by atoms with Crippen molar-refractivity contribution in [2.75, 3.05) is 13.7 Å². The van der Waals surface area contributed by atoms with Crippen molar-refractivity contribution in [1.29, 1.82) is 0 Å². The van der Waals surface area contributed by atoms with E-state index in [1.807, 2.05) is 12.1 Å². The molecule has 0 spiro atoms. The van der Waals surface area contributed by atoms with Crippen LogP contribution in [0, 0.1) is 0 Å². The number of ether oxygens (including phenoxy) is 2. The molecule has 0 bridgehead atoms. The highest BCUT2D eigenvalue weighted by Gasteiger charge is 2.15. The molecular formula is C23H25N3O4. The van der Waals surface area contributed by atoms with Crippen LogP contribution < -0.4 is 9.47 Å². The molecule has 1 heterocycles. The largest absolute Gasteiger partial charge is 0.497 e. The lowest BCUT2D eigenvalue weighted by atomic mass is 9.84. The van der Waals surface area contributed by atoms with Gasteiger partial charge in [0.25, 0.3) is 0 Å². The van der Waals surface area contributed by atoms with Gasteiger partial charge in [0.2, 0.25) is 5.88 Å². The molecule has 0 saturated heterocycles. The van der Waals surface area contributed by atoms with Crippen molar-refractivity contribution < 1.29 is 19.4 Å². The van der Waals surface area contributed by atoms with Crippen LogP contribution in [0.1, 0.15) is 43.6 Å². The van der Waals surface area contributed by atoms with E-state index in [-0.39, 0.29) is 18.2 Å². The number of nitrogens with one attached hydrogen (secondary N) is 1. The summed E-state index contributed by atoms with van der Waals surface area (Å²) in [5.41, 5.74) is 2.19. The summed E-state index contributed by atoms with van der Waals surface area (Å²) in [6, 6.07) is 13.2. The molecule has 4 rings (SSSR count). The van der Waals surface area contributed by atoms with E-state index in [0.29, 0.717) is 28.3 Å². The molecule has 1 aliphatic carbocycles. The summed E-state index contributed by atoms with van der Waals surface area (Å²) >= 11 is 0. The monoisotopic (exact) mass is 407 g/mol. The molecule has 2 N–H and O–H groups in total. The molecule has 7 nitrogen and oxygen atoms in total. The summed E-state index contributed by atoms with van der Waals surface area (Å²) in [6.45, 7) is -0.223. The molecule has 2 aromatic carbocycles. The van der Waals surface area contributed by atoms with Crippen LogP contribution in [0.2, 0.25) is 0 Å². The molecule has 0 aliphatic heterocycles. The third-order valence-electron chi connectivity index (χ3n) is 5.54. The van der Waals surface area contributed by atoms with Crippen molar-refractivity contribution in [2.45, 2.75) is 38.0 Å². The van der Waals surface area contributed by atoms with Crippen LogP contribution in [-0.2, 0) is 4.79 Å². The zero-order valence-electron chi connectivity index (χ0n) is 16.9. The van der Waals surface area contributed by atoms with Gasteiger partial charge >= 0.3 is 5.91 Å². The number of hydrogen-bond donors (Lipinski definition) is 2. The highest BCUT2D eigenvalue weighted by molar-refractivity contribution is 5.95. The van der Waals surface area contributed by atoms with Crippen LogP contribution in [0.25, 0.3) is 10.9 Å². The van der Waals surface area contributed by atoms with Gasteiger partial charge in [0.05, 0.1) is 12.6 Å². The van der Waals surface area contributed by atoms with Crippen LogP contribution in [0.3, 0.4) is 0 Å². The Labute approximate surface area is 174 Å². The minimum Gasteiger partial charge on any atom is -0.497 e. The van der Waals surface area contributed by atoms with Crippen LogP contribution >= 0.6 is 0 Å². The number of nitrogens with zero attached hydrogens (tertiary/aromatic N) is 2. The van der Waals surface area contributed by atoms with Gasteiger partial charge in [-0.15, -0.1) is 10.2 Å². The predicted octanol–water partition coefficient (Wildman–Crippen LogP) is 5.62. The number of azo groups is 1. The fourth-order valence-electron chi connectivity index (χ4n) is 3.92. The Bertz CT molecular complexity index is 1050. The molecule has 1 fully saturated rings. The first-order valence-electron chi connectivity index (χ1n) is 10.2. The zero-order valence-corrected chi connectivity index (χ0v) is 16.9. The van der Waals surface area contributed by atoms with Gasteiger partial charge in [-0.05, 0) is 54.7 Å². The van der Waals surface area contributed by atoms with Crippen molar-refractivity contribution in [3.63, 3.8) is 0 Å². The second-order valence-electron chi connectivity index (χ2n) is 7.52. The fourth-order valence-corrected chi connectivity index (χ4v) is 3.92. The minimum atomic E-state index is -0.539. The van der Waals surface area contributed by atoms with Gasteiger partial charge in [-0.25, -0.2) is 0 Å². The van der Waals surface area contributed by atoms with Crippen molar-refractivity contribution >= 4 is 22.5 Å². The molecule has 30 heavy (non-hydrogen) atoms. The van der Waals surface area contributed by atoms with Gasteiger partial charge in [0.1, 0.15) is 11.5 Å². The second-order valence-corrected chi connectivity index (χ2v) is 7.52. The van der Waals surface area contributed by atoms with E-state index in [1.165, 1.54) is 37.7 Å². The quantitative estimate of drug-likeness (QED) is 0.518. The Morgan fingerprint density at radius 2 is 1.83 bits per heavy atom. The van der Waals surface area contributed by atoms with Crippen molar-refractivity contribution in [3.8, 4) is 17.4 Å². The second kappa shape index (κ2) is 8.98. The van der Waals surface area contributed by atoms with Crippen LogP contribution in [0.4, 0.5) is 5.69 Å². The van der Waals surface area contributed by atoms with E-state index in [1.54, 1.807) is 25.3 Å². The van der Waals surface area contributed by atoms with Gasteiger partial charge < -0.3 is 19.6 Å². The molecule has 3 aromatic rings. The maximum atomic E-state index is 12.1. The number of aromatic nitrogens is 1. The lowest BCUT2D eigenvalue weighted by molar-refractivity contribution is -0.120. The van der Waals surface area contributed by atoms with E-state index in [9.17, 15) is 9.90 Å². The fraction of sp³-hybridized carbons (Fsp3) is 0.348. The highest BCUT2D eigenvalue weighted by atomic mass is 16.5. The molecule has 1 aromatic heterocycles. The first-order chi connectivity index (χ1) is 14.6. The van der Waals surface area contributed by atoms with Gasteiger partial charge in [-0.3, -0.25) is 4.79 Å². The number of amides is 1. The summed E-state index contributed by atoms with van der Waals surface area (Å²) in [4.78, 5) is 14.9. The molecule has 1 amide bonds. The molecule has 0 unspecified atom stereocenters. The predicted molar refractivity (Wildman–Crippen MR) is 114 cm³/mol. The standard InChI is InChI=1S/C23H25N3O4/c1-29-18-11-12-20-19(13-18)22(23(28)24-20)26-25-21(27)14-30-17-9-7-16(8-10-17)15-5-3-2-4-6-15/h7-13,15,24,28H,2-6,14H2,1H3. The van der Waals surface area contributed by atoms with E-state index >= 15 is 0 Å². The number of methoxy groups -OCH3 is 1. The third-order valence-corrected chi connectivity index (χ3v) is 5.54. The highest BCUT2D eigenvalue weighted by Crippen LogP contribution is 2.37. The SMILES string of the molecule is COc1ccc2[nH]c(O)c(N=NC(=O)COc3ccc(C4CCCCC4)cc3)c2c1. The summed E-state index contributed by atoms with van der Waals surface area (Å²) < 4.78 is 10.7. The summed E-state index contributed by atoms with van der Waals surface area (Å²) in [5.74, 6) is 1.17. The molecule has 1 saturated carbocycles. The number of benzene rings is 2. The summed E-state index contributed by atoms with van der Waals surface area (Å²) in [5, 5.41) is 18.3. The molecule has 7 heteroatoms.